The molecular weight excluding hydrogens is 334 g/mol. The molecule has 1 atom stereocenters. The van der Waals surface area contributed by atoms with E-state index >= 15 is 0 Å². The normalized spacial score (nSPS) is 18.1. The molecule has 7 heteroatoms. The van der Waals surface area contributed by atoms with Crippen molar-refractivity contribution in [2.75, 3.05) is 45.6 Å². The third-order valence-electron chi connectivity index (χ3n) is 3.82. The predicted molar refractivity (Wildman–Crippen MR) is 95.3 cm³/mol. The van der Waals surface area contributed by atoms with Gasteiger partial charge in [0.1, 0.15) is 0 Å². The number of carbonyl (C=O) groups is 1. The minimum Gasteiger partial charge on any atom is -0.395 e. The number of likely N-dealkylation sites (N-methyl/N-ethyl adjacent to an activating group) is 1. The number of urea groups is 1. The molecule has 0 spiro atoms. The summed E-state index contributed by atoms with van der Waals surface area (Å²) in [4.78, 5) is 17.4. The Morgan fingerprint density at radius 2 is 2.17 bits per heavy atom. The van der Waals surface area contributed by atoms with Crippen LogP contribution in [0.5, 0.6) is 0 Å². The van der Waals surface area contributed by atoms with Crippen molar-refractivity contribution >= 4 is 29.4 Å². The van der Waals surface area contributed by atoms with E-state index in [0.29, 0.717) is 13.1 Å². The van der Waals surface area contributed by atoms with Gasteiger partial charge in [-0.25, -0.2) is 4.79 Å². The van der Waals surface area contributed by atoms with Crippen LogP contribution in [0, 0.1) is 0 Å². The molecule has 1 aromatic rings. The number of amides is 2. The molecule has 0 unspecified atom stereocenters. The van der Waals surface area contributed by atoms with Crippen LogP contribution in [0.3, 0.4) is 0 Å². The Hall–Kier alpha value is -0.950. The maximum atomic E-state index is 12.3. The lowest BCUT2D eigenvalue weighted by Gasteiger charge is -2.24. The molecule has 1 aromatic carbocycles. The molecule has 1 heterocycles. The van der Waals surface area contributed by atoms with E-state index in [1.54, 1.807) is 16.7 Å². The average molecular weight is 358 g/mol. The Morgan fingerprint density at radius 3 is 2.78 bits per heavy atom. The highest BCUT2D eigenvalue weighted by Gasteiger charge is 2.23. The zero-order valence-corrected chi connectivity index (χ0v) is 14.9. The quantitative estimate of drug-likeness (QED) is 0.734. The number of halogens is 1. The first-order valence-corrected chi connectivity index (χ1v) is 9.18. The summed E-state index contributed by atoms with van der Waals surface area (Å²) in [6.07, 6.45) is 0.981. The summed E-state index contributed by atoms with van der Waals surface area (Å²) in [6, 6.07) is 7.78. The van der Waals surface area contributed by atoms with Gasteiger partial charge in [-0.15, -0.1) is 11.8 Å². The van der Waals surface area contributed by atoms with Crippen molar-refractivity contribution in [3.63, 3.8) is 0 Å². The van der Waals surface area contributed by atoms with Gasteiger partial charge in [0.2, 0.25) is 0 Å². The summed E-state index contributed by atoms with van der Waals surface area (Å²) in [5.74, 6) is 0.777. The number of nitrogens with zero attached hydrogens (tertiary/aromatic N) is 2. The van der Waals surface area contributed by atoms with Crippen LogP contribution in [-0.4, -0.2) is 72.6 Å². The Labute approximate surface area is 147 Å². The van der Waals surface area contributed by atoms with E-state index in [1.807, 2.05) is 24.3 Å². The molecule has 1 aliphatic heterocycles. The van der Waals surface area contributed by atoms with Crippen LogP contribution < -0.4 is 5.32 Å². The molecular formula is C16H24ClN3O2S. The summed E-state index contributed by atoms with van der Waals surface area (Å²) < 4.78 is 0. The van der Waals surface area contributed by atoms with Gasteiger partial charge in [-0.05, 0) is 44.3 Å². The van der Waals surface area contributed by atoms with Crippen molar-refractivity contribution in [1.82, 2.24) is 15.1 Å². The van der Waals surface area contributed by atoms with Crippen LogP contribution in [0.25, 0.3) is 0 Å². The molecule has 23 heavy (non-hydrogen) atoms. The number of benzene rings is 1. The van der Waals surface area contributed by atoms with E-state index in [0.717, 1.165) is 35.2 Å². The number of aliphatic hydroxyl groups is 1. The molecule has 0 aromatic heterocycles. The smallest absolute Gasteiger partial charge is 0.317 e. The standard InChI is InChI=1S/C16H24ClN3O2S/c1-19-7-6-14(12-19)18-16(22)20(8-10-21)9-11-23-15-4-2-13(17)3-5-15/h2-5,14,21H,6-12H2,1H3,(H,18,22)/t14-/m0/s1. The first kappa shape index (κ1) is 18.4. The van der Waals surface area contributed by atoms with E-state index in [1.165, 1.54) is 0 Å². The first-order valence-electron chi connectivity index (χ1n) is 7.81. The fourth-order valence-electron chi connectivity index (χ4n) is 2.56. The maximum absolute atomic E-state index is 12.3. The number of aliphatic hydroxyl groups excluding tert-OH is 1. The van der Waals surface area contributed by atoms with Crippen molar-refractivity contribution < 1.29 is 9.90 Å². The van der Waals surface area contributed by atoms with E-state index in [2.05, 4.69) is 17.3 Å². The number of hydrogen-bond donors (Lipinski definition) is 2. The van der Waals surface area contributed by atoms with Gasteiger partial charge in [0, 0.05) is 41.3 Å². The van der Waals surface area contributed by atoms with Crippen molar-refractivity contribution in [3.8, 4) is 0 Å². The molecule has 0 radical (unpaired) electrons. The van der Waals surface area contributed by atoms with E-state index < -0.39 is 0 Å². The van der Waals surface area contributed by atoms with Crippen molar-refractivity contribution in [3.05, 3.63) is 29.3 Å². The first-order chi connectivity index (χ1) is 11.1. The summed E-state index contributed by atoms with van der Waals surface area (Å²) in [5.41, 5.74) is 0. The largest absolute Gasteiger partial charge is 0.395 e. The van der Waals surface area contributed by atoms with Gasteiger partial charge < -0.3 is 20.2 Å². The molecule has 5 nitrogen and oxygen atoms in total. The molecule has 1 aliphatic rings. The van der Waals surface area contributed by atoms with E-state index in [4.69, 9.17) is 11.6 Å². The van der Waals surface area contributed by atoms with E-state index in [-0.39, 0.29) is 18.7 Å². The van der Waals surface area contributed by atoms with Crippen LogP contribution in [0.4, 0.5) is 4.79 Å². The van der Waals surface area contributed by atoms with Crippen LogP contribution in [-0.2, 0) is 0 Å². The zero-order chi connectivity index (χ0) is 16.7. The van der Waals surface area contributed by atoms with Crippen LogP contribution in [0.1, 0.15) is 6.42 Å². The number of carbonyl (C=O) groups excluding carboxylic acids is 1. The number of thioether (sulfide) groups is 1. The highest BCUT2D eigenvalue weighted by Crippen LogP contribution is 2.20. The molecule has 2 amide bonds. The predicted octanol–water partition coefficient (Wildman–Crippen LogP) is 2.14. The van der Waals surface area contributed by atoms with Gasteiger partial charge in [-0.3, -0.25) is 0 Å². The van der Waals surface area contributed by atoms with Gasteiger partial charge >= 0.3 is 6.03 Å². The van der Waals surface area contributed by atoms with Gasteiger partial charge in [0.25, 0.3) is 0 Å². The molecule has 0 bridgehead atoms. The molecule has 2 N–H and O–H groups in total. The van der Waals surface area contributed by atoms with Gasteiger partial charge in [0.05, 0.1) is 6.61 Å². The maximum Gasteiger partial charge on any atom is 0.317 e. The fraction of sp³-hybridized carbons (Fsp3) is 0.562. The second-order valence-corrected chi connectivity index (χ2v) is 7.32. The van der Waals surface area contributed by atoms with Gasteiger partial charge in [0.15, 0.2) is 0 Å². The lowest BCUT2D eigenvalue weighted by Crippen LogP contribution is -2.47. The monoisotopic (exact) mass is 357 g/mol. The van der Waals surface area contributed by atoms with Crippen LogP contribution in [0.15, 0.2) is 29.2 Å². The minimum atomic E-state index is -0.0870. The van der Waals surface area contributed by atoms with Crippen molar-refractivity contribution in [1.29, 1.82) is 0 Å². The highest BCUT2D eigenvalue weighted by molar-refractivity contribution is 7.99. The fourth-order valence-corrected chi connectivity index (χ4v) is 3.56. The molecule has 128 valence electrons. The molecule has 1 saturated heterocycles. The van der Waals surface area contributed by atoms with Crippen LogP contribution >= 0.6 is 23.4 Å². The SMILES string of the molecule is CN1CC[C@H](NC(=O)N(CCO)CCSc2ccc(Cl)cc2)C1. The number of nitrogens with one attached hydrogen (secondary N) is 1. The van der Waals surface area contributed by atoms with Gasteiger partial charge in [-0.2, -0.15) is 0 Å². The summed E-state index contributed by atoms with van der Waals surface area (Å²) in [7, 11) is 2.06. The zero-order valence-electron chi connectivity index (χ0n) is 13.4. The minimum absolute atomic E-state index is 0.0242. The Kier molecular flexibility index (Phi) is 7.49. The Balaban J connectivity index is 1.78. The Morgan fingerprint density at radius 1 is 1.43 bits per heavy atom. The molecule has 2 rings (SSSR count). The van der Waals surface area contributed by atoms with Gasteiger partial charge in [-0.1, -0.05) is 11.6 Å². The summed E-state index contributed by atoms with van der Waals surface area (Å²) >= 11 is 7.54. The third kappa shape index (κ3) is 6.22. The molecule has 0 aliphatic carbocycles. The second-order valence-electron chi connectivity index (χ2n) is 5.71. The lowest BCUT2D eigenvalue weighted by molar-refractivity contribution is 0.178. The Bertz CT molecular complexity index is 501. The third-order valence-corrected chi connectivity index (χ3v) is 5.06. The van der Waals surface area contributed by atoms with Crippen molar-refractivity contribution in [2.24, 2.45) is 0 Å². The van der Waals surface area contributed by atoms with Crippen molar-refractivity contribution in [2.45, 2.75) is 17.4 Å². The topological polar surface area (TPSA) is 55.8 Å². The number of rotatable bonds is 7. The molecule has 0 saturated carbocycles. The molecule has 1 fully saturated rings. The summed E-state index contributed by atoms with van der Waals surface area (Å²) in [6.45, 7) is 2.83. The number of hydrogen-bond acceptors (Lipinski definition) is 4. The number of likely N-dealkylation sites (tertiary alicyclic amines) is 1. The average Bonchev–Trinajstić information content (AvgIpc) is 2.93. The lowest BCUT2D eigenvalue weighted by atomic mass is 10.3. The van der Waals surface area contributed by atoms with E-state index in [9.17, 15) is 9.90 Å². The second kappa shape index (κ2) is 9.37. The summed E-state index contributed by atoms with van der Waals surface area (Å²) in [5, 5.41) is 13.0. The van der Waals surface area contributed by atoms with Crippen LogP contribution in [0.2, 0.25) is 5.02 Å². The highest BCUT2D eigenvalue weighted by atomic mass is 35.5.